The predicted molar refractivity (Wildman–Crippen MR) is 149 cm³/mol. The van der Waals surface area contributed by atoms with Crippen molar-refractivity contribution in [2.75, 3.05) is 13.2 Å². The number of ether oxygens (including phenoxy) is 1. The summed E-state index contributed by atoms with van der Waals surface area (Å²) in [5.41, 5.74) is -0.773. The molecule has 1 heterocycles. The zero-order valence-corrected chi connectivity index (χ0v) is 25.3. The van der Waals surface area contributed by atoms with E-state index in [9.17, 15) is 19.2 Å². The predicted octanol–water partition coefficient (Wildman–Crippen LogP) is 5.09. The Labute approximate surface area is 230 Å². The van der Waals surface area contributed by atoms with Crippen LogP contribution in [0, 0.1) is 28.6 Å². The molecule has 2 N–H and O–H groups in total. The highest BCUT2D eigenvalue weighted by Crippen LogP contribution is 2.43. The minimum atomic E-state index is -0.743. The van der Waals surface area contributed by atoms with Crippen LogP contribution in [0.1, 0.15) is 107 Å². The molecule has 2 rings (SSSR count). The van der Waals surface area contributed by atoms with Crippen molar-refractivity contribution >= 4 is 23.7 Å². The second kappa shape index (κ2) is 13.3. The molecule has 1 aliphatic heterocycles. The minimum absolute atomic E-state index is 0.0510. The lowest BCUT2D eigenvalue weighted by Crippen LogP contribution is -2.62. The van der Waals surface area contributed by atoms with E-state index in [4.69, 9.17) is 4.74 Å². The van der Waals surface area contributed by atoms with Gasteiger partial charge in [-0.05, 0) is 41.4 Å². The smallest absolute Gasteiger partial charge is 0.315 e. The van der Waals surface area contributed by atoms with Gasteiger partial charge in [0.15, 0.2) is 5.78 Å². The summed E-state index contributed by atoms with van der Waals surface area (Å²) in [6.45, 7) is 18.2. The van der Waals surface area contributed by atoms with E-state index in [1.807, 2.05) is 27.7 Å². The van der Waals surface area contributed by atoms with Gasteiger partial charge in [0, 0.05) is 19.9 Å². The van der Waals surface area contributed by atoms with Gasteiger partial charge in [0.2, 0.25) is 5.91 Å². The summed E-state index contributed by atoms with van der Waals surface area (Å²) in [6, 6.07) is -2.08. The molecule has 3 amide bonds. The number of esters is 1. The van der Waals surface area contributed by atoms with Crippen molar-refractivity contribution in [2.24, 2.45) is 28.6 Å². The summed E-state index contributed by atoms with van der Waals surface area (Å²) in [5.74, 6) is 0.170. The second-order valence-electron chi connectivity index (χ2n) is 13.2. The van der Waals surface area contributed by atoms with E-state index in [0.717, 1.165) is 38.5 Å². The molecule has 218 valence electrons. The van der Waals surface area contributed by atoms with Gasteiger partial charge in [-0.2, -0.15) is 0 Å². The summed E-state index contributed by atoms with van der Waals surface area (Å²) in [7, 11) is 0. The minimum Gasteiger partial charge on any atom is -0.464 e. The fourth-order valence-corrected chi connectivity index (χ4v) is 6.42. The number of rotatable bonds is 10. The van der Waals surface area contributed by atoms with Gasteiger partial charge >= 0.3 is 12.0 Å². The molecule has 1 aliphatic carbocycles. The highest BCUT2D eigenvalue weighted by atomic mass is 16.5. The van der Waals surface area contributed by atoms with Gasteiger partial charge in [-0.25, -0.2) is 4.79 Å². The molecule has 0 aromatic carbocycles. The number of likely N-dealkylation sites (tertiary alicyclic amines) is 1. The van der Waals surface area contributed by atoms with Crippen molar-refractivity contribution in [2.45, 2.75) is 125 Å². The maximum absolute atomic E-state index is 14.4. The van der Waals surface area contributed by atoms with E-state index in [1.165, 1.54) is 6.92 Å². The van der Waals surface area contributed by atoms with Crippen molar-refractivity contribution in [1.82, 2.24) is 15.5 Å². The molecule has 8 nitrogen and oxygen atoms in total. The average molecular weight is 536 g/mol. The molecule has 6 atom stereocenters. The molecule has 0 aromatic heterocycles. The van der Waals surface area contributed by atoms with Gasteiger partial charge < -0.3 is 20.3 Å². The van der Waals surface area contributed by atoms with E-state index in [-0.39, 0.29) is 35.5 Å². The Morgan fingerprint density at radius 3 is 2.16 bits per heavy atom. The van der Waals surface area contributed by atoms with Crippen LogP contribution in [-0.2, 0) is 19.1 Å². The molecule has 0 spiro atoms. The van der Waals surface area contributed by atoms with Gasteiger partial charge in [-0.1, -0.05) is 81.1 Å². The standard InChI is InChI=1S/C30H53N3O5/c1-10-19(3)24-20(4)17-33(25(24)22(35)11-2)27(36)26(30(9)15-13-12-14-16-30)32-28(37)31-23(29(6,7)8)18-38-21(5)34/h19-20,23-26H,10-18H2,1-9H3,(H2,31,32,37)/t19?,20-,23?,24-,25?,26?/m0/s1. The average Bonchev–Trinajstić information content (AvgIpc) is 3.20. The molecule has 0 radical (unpaired) electrons. The van der Waals surface area contributed by atoms with E-state index in [0.29, 0.717) is 18.9 Å². The highest BCUT2D eigenvalue weighted by Gasteiger charge is 2.51. The van der Waals surface area contributed by atoms with E-state index in [2.05, 4.69) is 38.3 Å². The summed E-state index contributed by atoms with van der Waals surface area (Å²) in [4.78, 5) is 54.3. The van der Waals surface area contributed by atoms with Crippen LogP contribution in [0.4, 0.5) is 4.79 Å². The molecular formula is C30H53N3O5. The van der Waals surface area contributed by atoms with Crippen LogP contribution in [0.15, 0.2) is 0 Å². The summed E-state index contributed by atoms with van der Waals surface area (Å²) in [5, 5.41) is 6.02. The number of ketones is 1. The lowest BCUT2D eigenvalue weighted by Gasteiger charge is -2.43. The van der Waals surface area contributed by atoms with Crippen molar-refractivity contribution in [3.63, 3.8) is 0 Å². The van der Waals surface area contributed by atoms with Crippen LogP contribution in [-0.4, -0.2) is 59.9 Å². The number of urea groups is 1. The fraction of sp³-hybridized carbons (Fsp3) is 0.867. The number of carbonyl (C=O) groups excluding carboxylic acids is 4. The van der Waals surface area contributed by atoms with Gasteiger partial charge in [0.25, 0.3) is 0 Å². The number of carbonyl (C=O) groups is 4. The molecule has 1 saturated heterocycles. The fourth-order valence-electron chi connectivity index (χ4n) is 6.42. The largest absolute Gasteiger partial charge is 0.464 e. The first-order valence-corrected chi connectivity index (χ1v) is 14.7. The van der Waals surface area contributed by atoms with Crippen LogP contribution in [0.25, 0.3) is 0 Å². The Morgan fingerprint density at radius 1 is 1.05 bits per heavy atom. The van der Waals surface area contributed by atoms with Gasteiger partial charge in [-0.15, -0.1) is 0 Å². The summed E-state index contributed by atoms with van der Waals surface area (Å²) in [6.07, 6.45) is 6.13. The van der Waals surface area contributed by atoms with Crippen LogP contribution < -0.4 is 10.6 Å². The number of amides is 3. The maximum atomic E-state index is 14.4. The molecule has 2 aliphatic rings. The van der Waals surface area contributed by atoms with E-state index >= 15 is 0 Å². The normalized spacial score (nSPS) is 25.7. The Bertz CT molecular complexity index is 845. The number of Topliss-reactive ketones (excluding diaryl/α,β-unsaturated/α-hetero) is 1. The molecule has 2 fully saturated rings. The Morgan fingerprint density at radius 2 is 1.66 bits per heavy atom. The third-order valence-electron chi connectivity index (χ3n) is 9.12. The van der Waals surface area contributed by atoms with Crippen LogP contribution in [0.2, 0.25) is 0 Å². The van der Waals surface area contributed by atoms with Crippen molar-refractivity contribution < 1.29 is 23.9 Å². The Kier molecular flexibility index (Phi) is 11.2. The first kappa shape index (κ1) is 32.1. The molecule has 4 unspecified atom stereocenters. The van der Waals surface area contributed by atoms with Crippen LogP contribution in [0.5, 0.6) is 0 Å². The quantitative estimate of drug-likeness (QED) is 0.379. The molecule has 38 heavy (non-hydrogen) atoms. The van der Waals surface area contributed by atoms with E-state index < -0.39 is 35.5 Å². The first-order valence-electron chi connectivity index (χ1n) is 14.7. The first-order chi connectivity index (χ1) is 17.7. The SMILES string of the molecule is CCC(=O)C1[C@@H](C(C)CC)[C@@H](C)CN1C(=O)C(NC(=O)NC(COC(C)=O)C(C)(C)C)C1(C)CCCCC1. The zero-order chi connectivity index (χ0) is 28.8. The topological polar surface area (TPSA) is 105 Å². The Balaban J connectivity index is 2.38. The summed E-state index contributed by atoms with van der Waals surface area (Å²) >= 11 is 0. The lowest BCUT2D eigenvalue weighted by atomic mass is 9.70. The van der Waals surface area contributed by atoms with Gasteiger partial charge in [0.1, 0.15) is 12.6 Å². The van der Waals surface area contributed by atoms with E-state index in [1.54, 1.807) is 4.90 Å². The third-order valence-corrected chi connectivity index (χ3v) is 9.12. The molecule has 0 aromatic rings. The lowest BCUT2D eigenvalue weighted by molar-refractivity contribution is -0.143. The van der Waals surface area contributed by atoms with Crippen molar-refractivity contribution in [1.29, 1.82) is 0 Å². The summed E-state index contributed by atoms with van der Waals surface area (Å²) < 4.78 is 5.22. The molecular weight excluding hydrogens is 482 g/mol. The van der Waals surface area contributed by atoms with Gasteiger partial charge in [0.05, 0.1) is 12.1 Å². The Hall–Kier alpha value is -2.12. The zero-order valence-electron chi connectivity index (χ0n) is 25.3. The van der Waals surface area contributed by atoms with Gasteiger partial charge in [-0.3, -0.25) is 14.4 Å². The van der Waals surface area contributed by atoms with Crippen molar-refractivity contribution in [3.8, 4) is 0 Å². The molecule has 0 bridgehead atoms. The van der Waals surface area contributed by atoms with Crippen LogP contribution in [0.3, 0.4) is 0 Å². The number of nitrogens with zero attached hydrogens (tertiary/aromatic N) is 1. The third kappa shape index (κ3) is 7.72. The number of nitrogens with one attached hydrogen (secondary N) is 2. The number of hydrogen-bond acceptors (Lipinski definition) is 5. The maximum Gasteiger partial charge on any atom is 0.315 e. The highest BCUT2D eigenvalue weighted by molar-refractivity contribution is 5.94. The van der Waals surface area contributed by atoms with Crippen molar-refractivity contribution in [3.05, 3.63) is 0 Å². The second-order valence-corrected chi connectivity index (χ2v) is 13.2. The molecule has 1 saturated carbocycles. The number of hydrogen-bond donors (Lipinski definition) is 2. The monoisotopic (exact) mass is 535 g/mol. The van der Waals surface area contributed by atoms with Crippen LogP contribution >= 0.6 is 0 Å². The molecule has 8 heteroatoms.